The Morgan fingerprint density at radius 3 is 2.50 bits per heavy atom. The molecule has 1 atom stereocenters. The standard InChI is InChI=1S/C25H21FN4O2S2/c1-16(31)19-8-5-9-21(14-19)28-23(32)22(18-6-3-2-4-7-18)33-25-30-29-24(34-25)27-15-17-10-12-20(26)13-11-17/h2-14,22H,15H2,1H3,(H,27,29)(H,28,32)/t22-/m0/s1. The summed E-state index contributed by atoms with van der Waals surface area (Å²) in [5, 5.41) is 14.5. The maximum Gasteiger partial charge on any atom is 0.242 e. The van der Waals surface area contributed by atoms with E-state index in [2.05, 4.69) is 20.8 Å². The lowest BCUT2D eigenvalue weighted by atomic mass is 10.1. The Morgan fingerprint density at radius 2 is 1.76 bits per heavy atom. The average Bonchev–Trinajstić information content (AvgIpc) is 3.30. The predicted octanol–water partition coefficient (Wildman–Crippen LogP) is 5.96. The summed E-state index contributed by atoms with van der Waals surface area (Å²) in [5.41, 5.74) is 2.82. The first-order valence-corrected chi connectivity index (χ1v) is 12.1. The molecule has 1 amide bonds. The summed E-state index contributed by atoms with van der Waals surface area (Å²) in [4.78, 5) is 24.9. The molecule has 3 aromatic carbocycles. The van der Waals surface area contributed by atoms with Gasteiger partial charge in [0, 0.05) is 17.8 Å². The molecule has 0 spiro atoms. The van der Waals surface area contributed by atoms with Gasteiger partial charge in [0.1, 0.15) is 11.1 Å². The fraction of sp³-hybridized carbons (Fsp3) is 0.120. The summed E-state index contributed by atoms with van der Waals surface area (Å²) in [6, 6.07) is 22.5. The molecule has 34 heavy (non-hydrogen) atoms. The normalized spacial score (nSPS) is 11.6. The molecular formula is C25H21FN4O2S2. The van der Waals surface area contributed by atoms with Gasteiger partial charge in [-0.2, -0.15) is 0 Å². The van der Waals surface area contributed by atoms with Crippen molar-refractivity contribution < 1.29 is 14.0 Å². The zero-order chi connectivity index (χ0) is 23.9. The molecule has 1 aromatic heterocycles. The van der Waals surface area contributed by atoms with Crippen LogP contribution in [0.5, 0.6) is 0 Å². The molecule has 4 aromatic rings. The second kappa shape index (κ2) is 11.0. The molecule has 0 radical (unpaired) electrons. The number of hydrogen-bond donors (Lipinski definition) is 2. The molecule has 0 aliphatic carbocycles. The summed E-state index contributed by atoms with van der Waals surface area (Å²) < 4.78 is 13.7. The first kappa shape index (κ1) is 23.6. The molecule has 0 unspecified atom stereocenters. The first-order valence-electron chi connectivity index (χ1n) is 10.4. The number of amides is 1. The minimum atomic E-state index is -0.569. The number of benzene rings is 3. The van der Waals surface area contributed by atoms with Crippen LogP contribution in [0.2, 0.25) is 0 Å². The van der Waals surface area contributed by atoms with Crippen LogP contribution in [0.1, 0.15) is 33.7 Å². The molecule has 172 valence electrons. The molecule has 0 bridgehead atoms. The number of nitrogens with zero attached hydrogens (tertiary/aromatic N) is 2. The van der Waals surface area contributed by atoms with Crippen molar-refractivity contribution in [1.29, 1.82) is 0 Å². The van der Waals surface area contributed by atoms with Crippen molar-refractivity contribution in [3.05, 3.63) is 101 Å². The highest BCUT2D eigenvalue weighted by Gasteiger charge is 2.24. The molecule has 0 aliphatic heterocycles. The summed E-state index contributed by atoms with van der Waals surface area (Å²) in [5.74, 6) is -0.580. The van der Waals surface area contributed by atoms with E-state index in [0.29, 0.717) is 27.3 Å². The van der Waals surface area contributed by atoms with E-state index in [1.54, 1.807) is 36.4 Å². The molecule has 4 rings (SSSR count). The Balaban J connectivity index is 1.47. The van der Waals surface area contributed by atoms with Gasteiger partial charge >= 0.3 is 0 Å². The molecule has 9 heteroatoms. The highest BCUT2D eigenvalue weighted by atomic mass is 32.2. The highest BCUT2D eigenvalue weighted by Crippen LogP contribution is 2.38. The van der Waals surface area contributed by atoms with E-state index in [1.807, 2.05) is 30.3 Å². The van der Waals surface area contributed by atoms with E-state index >= 15 is 0 Å². The molecule has 0 saturated heterocycles. The highest BCUT2D eigenvalue weighted by molar-refractivity contribution is 8.02. The lowest BCUT2D eigenvalue weighted by Gasteiger charge is -2.16. The van der Waals surface area contributed by atoms with E-state index in [0.717, 1.165) is 11.1 Å². The maximum absolute atomic E-state index is 13.2. The van der Waals surface area contributed by atoms with Crippen molar-refractivity contribution in [2.45, 2.75) is 23.1 Å². The van der Waals surface area contributed by atoms with Gasteiger partial charge in [0.05, 0.1) is 0 Å². The number of carbonyl (C=O) groups is 2. The molecule has 0 fully saturated rings. The number of nitrogens with one attached hydrogen (secondary N) is 2. The molecular weight excluding hydrogens is 471 g/mol. The van der Waals surface area contributed by atoms with E-state index in [-0.39, 0.29) is 17.5 Å². The summed E-state index contributed by atoms with van der Waals surface area (Å²) >= 11 is 2.64. The summed E-state index contributed by atoms with van der Waals surface area (Å²) in [7, 11) is 0. The third-order valence-corrected chi connectivity index (χ3v) is 7.08. The number of hydrogen-bond acceptors (Lipinski definition) is 7. The Morgan fingerprint density at radius 1 is 1.00 bits per heavy atom. The quantitative estimate of drug-likeness (QED) is 0.221. The van der Waals surface area contributed by atoms with Crippen LogP contribution in [0.4, 0.5) is 15.2 Å². The van der Waals surface area contributed by atoms with Gasteiger partial charge in [0.15, 0.2) is 10.1 Å². The predicted molar refractivity (Wildman–Crippen MR) is 134 cm³/mol. The van der Waals surface area contributed by atoms with Crippen LogP contribution in [-0.4, -0.2) is 21.9 Å². The second-order valence-electron chi connectivity index (χ2n) is 7.39. The van der Waals surface area contributed by atoms with Crippen LogP contribution < -0.4 is 10.6 Å². The largest absolute Gasteiger partial charge is 0.356 e. The maximum atomic E-state index is 13.2. The minimum absolute atomic E-state index is 0.0698. The molecule has 2 N–H and O–H groups in total. The average molecular weight is 493 g/mol. The SMILES string of the molecule is CC(=O)c1cccc(NC(=O)[C@@H](Sc2nnc(NCc3ccc(F)cc3)s2)c2ccccc2)c1. The number of Topliss-reactive ketones (excluding diaryl/α,β-unsaturated/α-hetero) is 1. The fourth-order valence-corrected chi connectivity index (χ4v) is 5.07. The monoisotopic (exact) mass is 492 g/mol. The van der Waals surface area contributed by atoms with Crippen molar-refractivity contribution in [3.8, 4) is 0 Å². The van der Waals surface area contributed by atoms with E-state index in [4.69, 9.17) is 0 Å². The number of ketones is 1. The third kappa shape index (κ3) is 6.27. The number of carbonyl (C=O) groups excluding carboxylic acids is 2. The number of halogens is 1. The van der Waals surface area contributed by atoms with Crippen LogP contribution in [0.15, 0.2) is 83.2 Å². The third-order valence-electron chi connectivity index (χ3n) is 4.86. The van der Waals surface area contributed by atoms with Gasteiger partial charge in [-0.3, -0.25) is 9.59 Å². The summed E-state index contributed by atoms with van der Waals surface area (Å²) in [6.07, 6.45) is 0. The van der Waals surface area contributed by atoms with E-state index in [9.17, 15) is 14.0 Å². The second-order valence-corrected chi connectivity index (χ2v) is 9.72. The number of thioether (sulfide) groups is 1. The Labute approximate surface area is 204 Å². The fourth-order valence-electron chi connectivity index (χ4n) is 3.13. The van der Waals surface area contributed by atoms with Gasteiger partial charge in [-0.1, -0.05) is 77.7 Å². The van der Waals surface area contributed by atoms with Crippen molar-refractivity contribution >= 4 is 45.6 Å². The summed E-state index contributed by atoms with van der Waals surface area (Å²) in [6.45, 7) is 1.97. The van der Waals surface area contributed by atoms with Crippen LogP contribution in [0.25, 0.3) is 0 Å². The van der Waals surface area contributed by atoms with Crippen LogP contribution in [0.3, 0.4) is 0 Å². The lowest BCUT2D eigenvalue weighted by molar-refractivity contribution is -0.115. The number of aromatic nitrogens is 2. The number of anilines is 2. The molecule has 1 heterocycles. The number of rotatable bonds is 9. The Kier molecular flexibility index (Phi) is 7.66. The van der Waals surface area contributed by atoms with Gasteiger partial charge in [0.2, 0.25) is 11.0 Å². The van der Waals surface area contributed by atoms with Gasteiger partial charge in [-0.05, 0) is 42.3 Å². The van der Waals surface area contributed by atoms with Gasteiger partial charge in [0.25, 0.3) is 0 Å². The topological polar surface area (TPSA) is 84.0 Å². The Bertz CT molecular complexity index is 1280. The minimum Gasteiger partial charge on any atom is -0.356 e. The van der Waals surface area contributed by atoms with Crippen LogP contribution >= 0.6 is 23.1 Å². The Hall–Kier alpha value is -3.56. The van der Waals surface area contributed by atoms with Gasteiger partial charge in [-0.25, -0.2) is 4.39 Å². The molecule has 0 saturated carbocycles. The first-order chi connectivity index (χ1) is 16.5. The van der Waals surface area contributed by atoms with Gasteiger partial charge < -0.3 is 10.6 Å². The molecule has 0 aliphatic rings. The van der Waals surface area contributed by atoms with Crippen LogP contribution in [0, 0.1) is 5.82 Å². The lowest BCUT2D eigenvalue weighted by Crippen LogP contribution is -2.19. The smallest absolute Gasteiger partial charge is 0.242 e. The van der Waals surface area contributed by atoms with Crippen molar-refractivity contribution in [2.75, 3.05) is 10.6 Å². The zero-order valence-corrected chi connectivity index (χ0v) is 19.8. The van der Waals surface area contributed by atoms with Crippen molar-refractivity contribution in [2.24, 2.45) is 0 Å². The zero-order valence-electron chi connectivity index (χ0n) is 18.2. The van der Waals surface area contributed by atoms with Crippen molar-refractivity contribution in [1.82, 2.24) is 10.2 Å². The van der Waals surface area contributed by atoms with Crippen LogP contribution in [-0.2, 0) is 11.3 Å². The van der Waals surface area contributed by atoms with E-state index < -0.39 is 5.25 Å². The molecule has 6 nitrogen and oxygen atoms in total. The van der Waals surface area contributed by atoms with Crippen molar-refractivity contribution in [3.63, 3.8) is 0 Å². The van der Waals surface area contributed by atoms with Gasteiger partial charge in [-0.15, -0.1) is 10.2 Å². The van der Waals surface area contributed by atoms with E-state index in [1.165, 1.54) is 42.2 Å².